The van der Waals surface area contributed by atoms with E-state index in [0.717, 1.165) is 12.0 Å². The van der Waals surface area contributed by atoms with Crippen LogP contribution in [-0.4, -0.2) is 5.11 Å². The van der Waals surface area contributed by atoms with Gasteiger partial charge >= 0.3 is 0 Å². The Kier molecular flexibility index (Phi) is 2.88. The Morgan fingerprint density at radius 2 is 2.31 bits per heavy atom. The van der Waals surface area contributed by atoms with Crippen molar-refractivity contribution in [2.75, 3.05) is 0 Å². The number of nitrogens with two attached hydrogens (primary N) is 1. The second-order valence-corrected chi connectivity index (χ2v) is 2.85. The molecule has 3 N–H and O–H groups in total. The fraction of sp³-hybridized carbons (Fsp3) is 0.300. The molecular formula is C10H12N2O. The van der Waals surface area contributed by atoms with E-state index in [9.17, 15) is 5.11 Å². The molecule has 0 bridgehead atoms. The summed E-state index contributed by atoms with van der Waals surface area (Å²) >= 11 is 0. The van der Waals surface area contributed by atoms with E-state index >= 15 is 0 Å². The van der Waals surface area contributed by atoms with Crippen LogP contribution in [0.3, 0.4) is 0 Å². The van der Waals surface area contributed by atoms with Gasteiger partial charge in [0.05, 0.1) is 6.07 Å². The molecule has 0 aliphatic rings. The molecule has 68 valence electrons. The normalized spacial score (nSPS) is 12.1. The monoisotopic (exact) mass is 176 g/mol. The van der Waals surface area contributed by atoms with Crippen molar-refractivity contribution in [1.82, 2.24) is 0 Å². The third-order valence-corrected chi connectivity index (χ3v) is 1.97. The van der Waals surface area contributed by atoms with Crippen LogP contribution in [0.1, 0.15) is 24.1 Å². The van der Waals surface area contributed by atoms with Gasteiger partial charge in [0.15, 0.2) is 0 Å². The van der Waals surface area contributed by atoms with Gasteiger partial charge in [-0.05, 0) is 24.1 Å². The van der Waals surface area contributed by atoms with Crippen LogP contribution in [0, 0.1) is 11.3 Å². The quantitative estimate of drug-likeness (QED) is 0.717. The molecule has 0 fully saturated rings. The molecule has 1 aromatic rings. The lowest BCUT2D eigenvalue weighted by Gasteiger charge is -2.07. The maximum absolute atomic E-state index is 9.40. The van der Waals surface area contributed by atoms with Crippen LogP contribution in [0.15, 0.2) is 18.2 Å². The Hall–Kier alpha value is -1.53. The first kappa shape index (κ1) is 9.56. The number of aryl methyl sites for hydroxylation is 1. The molecule has 0 unspecified atom stereocenters. The van der Waals surface area contributed by atoms with Crippen molar-refractivity contribution in [3.63, 3.8) is 0 Å². The number of aromatic hydroxyl groups is 1. The molecule has 1 rings (SSSR count). The Morgan fingerprint density at radius 1 is 1.62 bits per heavy atom. The van der Waals surface area contributed by atoms with Crippen LogP contribution in [0.5, 0.6) is 5.75 Å². The van der Waals surface area contributed by atoms with E-state index in [2.05, 4.69) is 0 Å². The summed E-state index contributed by atoms with van der Waals surface area (Å²) < 4.78 is 0. The lowest BCUT2D eigenvalue weighted by molar-refractivity contribution is 0.466. The summed E-state index contributed by atoms with van der Waals surface area (Å²) in [4.78, 5) is 0. The van der Waals surface area contributed by atoms with Gasteiger partial charge in [0, 0.05) is 5.56 Å². The largest absolute Gasteiger partial charge is 0.508 e. The van der Waals surface area contributed by atoms with Gasteiger partial charge in [-0.3, -0.25) is 0 Å². The van der Waals surface area contributed by atoms with Crippen molar-refractivity contribution < 1.29 is 5.11 Å². The number of nitrogens with zero attached hydrogens (tertiary/aromatic N) is 1. The maximum atomic E-state index is 9.40. The van der Waals surface area contributed by atoms with Crippen molar-refractivity contribution in [3.8, 4) is 11.8 Å². The fourth-order valence-electron chi connectivity index (χ4n) is 1.14. The van der Waals surface area contributed by atoms with Crippen LogP contribution in [-0.2, 0) is 6.42 Å². The minimum atomic E-state index is -0.744. The smallest absolute Gasteiger partial charge is 0.122 e. The van der Waals surface area contributed by atoms with E-state index in [1.165, 1.54) is 0 Å². The number of hydrogen-bond acceptors (Lipinski definition) is 3. The highest BCUT2D eigenvalue weighted by molar-refractivity contribution is 5.40. The average Bonchev–Trinajstić information content (AvgIpc) is 2.17. The van der Waals surface area contributed by atoms with Crippen LogP contribution in [0.25, 0.3) is 0 Å². The van der Waals surface area contributed by atoms with Crippen molar-refractivity contribution in [2.45, 2.75) is 19.4 Å². The van der Waals surface area contributed by atoms with Crippen molar-refractivity contribution >= 4 is 0 Å². The average molecular weight is 176 g/mol. The zero-order valence-corrected chi connectivity index (χ0v) is 7.49. The Bertz CT molecular complexity index is 341. The summed E-state index contributed by atoms with van der Waals surface area (Å²) in [6.07, 6.45) is 0.866. The van der Waals surface area contributed by atoms with E-state index in [1.54, 1.807) is 12.1 Å². The van der Waals surface area contributed by atoms with Crippen molar-refractivity contribution in [2.24, 2.45) is 5.73 Å². The van der Waals surface area contributed by atoms with Gasteiger partial charge in [-0.2, -0.15) is 5.26 Å². The molecule has 0 aromatic heterocycles. The Labute approximate surface area is 77.4 Å². The second kappa shape index (κ2) is 3.92. The van der Waals surface area contributed by atoms with Gasteiger partial charge in [0.1, 0.15) is 11.8 Å². The van der Waals surface area contributed by atoms with Crippen LogP contribution < -0.4 is 5.73 Å². The molecule has 0 aliphatic heterocycles. The zero-order valence-electron chi connectivity index (χ0n) is 7.49. The molecule has 0 amide bonds. The number of phenols is 1. The van der Waals surface area contributed by atoms with Gasteiger partial charge in [0.2, 0.25) is 0 Å². The lowest BCUT2D eigenvalue weighted by atomic mass is 10.0. The van der Waals surface area contributed by atoms with Crippen molar-refractivity contribution in [3.05, 3.63) is 29.3 Å². The Balaban J connectivity index is 3.12. The van der Waals surface area contributed by atoms with Crippen LogP contribution in [0.2, 0.25) is 0 Å². The molecule has 1 aromatic carbocycles. The molecule has 0 spiro atoms. The summed E-state index contributed by atoms with van der Waals surface area (Å²) in [7, 11) is 0. The van der Waals surface area contributed by atoms with Crippen LogP contribution in [0.4, 0.5) is 0 Å². The molecule has 3 heteroatoms. The third kappa shape index (κ3) is 1.98. The summed E-state index contributed by atoms with van der Waals surface area (Å²) in [5.74, 6) is 0.0891. The second-order valence-electron chi connectivity index (χ2n) is 2.85. The van der Waals surface area contributed by atoms with Crippen LogP contribution >= 0.6 is 0 Å². The number of hydrogen-bond donors (Lipinski definition) is 2. The predicted octanol–water partition coefficient (Wildman–Crippen LogP) is 1.48. The van der Waals surface area contributed by atoms with E-state index in [1.807, 2.05) is 19.1 Å². The summed E-state index contributed by atoms with van der Waals surface area (Å²) in [5, 5.41) is 18.0. The number of phenolic OH excluding ortho intramolecular Hbond substituents is 1. The lowest BCUT2D eigenvalue weighted by Crippen LogP contribution is -2.07. The molecule has 0 saturated heterocycles. The topological polar surface area (TPSA) is 70.0 Å². The number of rotatable bonds is 2. The molecule has 13 heavy (non-hydrogen) atoms. The molecule has 3 nitrogen and oxygen atoms in total. The standard InChI is InChI=1S/C10H12N2O/c1-2-7-3-4-10(13)8(5-7)9(12)6-11/h3-5,9,13H,2,12H2,1H3/t9-/m0/s1. The molecular weight excluding hydrogens is 164 g/mol. The minimum Gasteiger partial charge on any atom is -0.508 e. The predicted molar refractivity (Wildman–Crippen MR) is 50.0 cm³/mol. The zero-order chi connectivity index (χ0) is 9.84. The molecule has 1 atom stereocenters. The number of benzene rings is 1. The first-order valence-corrected chi connectivity index (χ1v) is 4.16. The summed E-state index contributed by atoms with van der Waals surface area (Å²) in [6, 6.07) is 6.31. The minimum absolute atomic E-state index is 0.0891. The van der Waals surface area contributed by atoms with E-state index in [4.69, 9.17) is 11.0 Å². The summed E-state index contributed by atoms with van der Waals surface area (Å²) in [6.45, 7) is 2.01. The van der Waals surface area contributed by atoms with Gasteiger partial charge in [-0.25, -0.2) is 0 Å². The first-order valence-electron chi connectivity index (χ1n) is 4.16. The van der Waals surface area contributed by atoms with E-state index in [0.29, 0.717) is 5.56 Å². The first-order chi connectivity index (χ1) is 6.19. The highest BCUT2D eigenvalue weighted by Crippen LogP contribution is 2.23. The Morgan fingerprint density at radius 3 is 2.85 bits per heavy atom. The highest BCUT2D eigenvalue weighted by atomic mass is 16.3. The van der Waals surface area contributed by atoms with E-state index in [-0.39, 0.29) is 5.75 Å². The molecule has 0 heterocycles. The fourth-order valence-corrected chi connectivity index (χ4v) is 1.14. The molecule has 0 saturated carbocycles. The third-order valence-electron chi connectivity index (χ3n) is 1.97. The van der Waals surface area contributed by atoms with Gasteiger partial charge in [-0.15, -0.1) is 0 Å². The molecule has 0 aliphatic carbocycles. The molecule has 0 radical (unpaired) electrons. The maximum Gasteiger partial charge on any atom is 0.122 e. The van der Waals surface area contributed by atoms with Gasteiger partial charge in [0.25, 0.3) is 0 Å². The number of nitriles is 1. The SMILES string of the molecule is CCc1ccc(O)c([C@@H](N)C#N)c1. The summed E-state index contributed by atoms with van der Waals surface area (Å²) in [5.41, 5.74) is 7.07. The van der Waals surface area contributed by atoms with Gasteiger partial charge in [-0.1, -0.05) is 13.0 Å². The van der Waals surface area contributed by atoms with Gasteiger partial charge < -0.3 is 10.8 Å². The van der Waals surface area contributed by atoms with Crippen molar-refractivity contribution in [1.29, 1.82) is 5.26 Å². The highest BCUT2D eigenvalue weighted by Gasteiger charge is 2.09. The van der Waals surface area contributed by atoms with E-state index < -0.39 is 6.04 Å².